The number of nitro benzene ring substituents is 1. The Hall–Kier alpha value is -4.60. The maximum Gasteiger partial charge on any atom is 0.338 e. The van der Waals surface area contributed by atoms with Gasteiger partial charge in [0.15, 0.2) is 0 Å². The number of hydrogen-bond acceptors (Lipinski definition) is 9. The molecule has 0 spiro atoms. The highest BCUT2D eigenvalue weighted by atomic mass is 16.6. The van der Waals surface area contributed by atoms with Crippen molar-refractivity contribution in [3.8, 4) is 0 Å². The molecule has 174 valence electrons. The molecule has 0 aromatic heterocycles. The van der Waals surface area contributed by atoms with Crippen LogP contribution in [0.3, 0.4) is 0 Å². The Morgan fingerprint density at radius 2 is 1.47 bits per heavy atom. The van der Waals surface area contributed by atoms with E-state index >= 15 is 0 Å². The van der Waals surface area contributed by atoms with Crippen molar-refractivity contribution in [3.63, 3.8) is 0 Å². The Kier molecular flexibility index (Phi) is 8.01. The molecule has 34 heavy (non-hydrogen) atoms. The lowest BCUT2D eigenvalue weighted by Crippen LogP contribution is -2.23. The zero-order valence-electron chi connectivity index (χ0n) is 18.6. The number of carbonyl (C=O) groups excluding carboxylic acids is 2. The second kappa shape index (κ2) is 11.3. The van der Waals surface area contributed by atoms with Crippen LogP contribution in [0.5, 0.6) is 0 Å². The molecule has 0 aliphatic heterocycles. The molecule has 0 aliphatic rings. The molecule has 0 N–H and O–H groups in total. The van der Waals surface area contributed by atoms with Crippen molar-refractivity contribution >= 4 is 34.7 Å². The fourth-order valence-electron chi connectivity index (χ4n) is 2.91. The molecule has 0 radical (unpaired) electrons. The lowest BCUT2D eigenvalue weighted by Gasteiger charge is -2.19. The van der Waals surface area contributed by atoms with Gasteiger partial charge < -0.3 is 14.4 Å². The summed E-state index contributed by atoms with van der Waals surface area (Å²) in [4.78, 5) is 36.0. The zero-order chi connectivity index (χ0) is 24.5. The number of rotatable bonds is 9. The monoisotopic (exact) mass is 462 g/mol. The molecule has 3 aromatic carbocycles. The van der Waals surface area contributed by atoms with Gasteiger partial charge in [-0.25, -0.2) is 9.59 Å². The summed E-state index contributed by atoms with van der Waals surface area (Å²) in [5, 5.41) is 18.9. The zero-order valence-corrected chi connectivity index (χ0v) is 18.6. The van der Waals surface area contributed by atoms with E-state index in [1.165, 1.54) is 37.4 Å². The van der Waals surface area contributed by atoms with Gasteiger partial charge >= 0.3 is 11.9 Å². The first-order valence-electron chi connectivity index (χ1n) is 10.2. The van der Waals surface area contributed by atoms with Gasteiger partial charge in [0.25, 0.3) is 5.69 Å². The predicted octanol–water partition coefficient (Wildman–Crippen LogP) is 5.09. The van der Waals surface area contributed by atoms with Crippen molar-refractivity contribution in [2.45, 2.75) is 0 Å². The molecule has 0 saturated carbocycles. The van der Waals surface area contributed by atoms with Gasteiger partial charge in [0.1, 0.15) is 6.61 Å². The molecule has 0 unspecified atom stereocenters. The van der Waals surface area contributed by atoms with Gasteiger partial charge in [0.05, 0.1) is 41.1 Å². The molecule has 0 bridgehead atoms. The summed E-state index contributed by atoms with van der Waals surface area (Å²) in [5.41, 5.74) is 2.55. The quantitative estimate of drug-likeness (QED) is 0.188. The predicted molar refractivity (Wildman–Crippen MR) is 125 cm³/mol. The minimum Gasteiger partial charge on any atom is -0.465 e. The van der Waals surface area contributed by atoms with E-state index in [0.29, 0.717) is 17.9 Å². The van der Waals surface area contributed by atoms with Crippen LogP contribution in [0.1, 0.15) is 20.7 Å². The molecular weight excluding hydrogens is 440 g/mol. The number of benzene rings is 3. The molecule has 0 saturated heterocycles. The summed E-state index contributed by atoms with van der Waals surface area (Å²) in [6, 6.07) is 19.2. The third-order valence-corrected chi connectivity index (χ3v) is 4.81. The number of methoxy groups -OCH3 is 1. The Morgan fingerprint density at radius 1 is 0.912 bits per heavy atom. The molecule has 3 aromatic rings. The number of non-ortho nitro benzene ring substituents is 1. The van der Waals surface area contributed by atoms with E-state index in [4.69, 9.17) is 4.74 Å². The number of carbonyl (C=O) groups is 2. The van der Waals surface area contributed by atoms with Crippen LogP contribution >= 0.6 is 0 Å². The molecule has 10 heteroatoms. The van der Waals surface area contributed by atoms with Crippen LogP contribution in [0.2, 0.25) is 0 Å². The Balaban J connectivity index is 1.51. The first-order valence-corrected chi connectivity index (χ1v) is 10.2. The van der Waals surface area contributed by atoms with E-state index in [2.05, 4.69) is 15.0 Å². The van der Waals surface area contributed by atoms with Gasteiger partial charge in [-0.3, -0.25) is 10.1 Å². The fourth-order valence-corrected chi connectivity index (χ4v) is 2.91. The van der Waals surface area contributed by atoms with E-state index in [0.717, 1.165) is 5.69 Å². The second-order valence-electron chi connectivity index (χ2n) is 7.12. The minimum absolute atomic E-state index is 0.00765. The van der Waals surface area contributed by atoms with Gasteiger partial charge in [-0.15, -0.1) is 0 Å². The molecule has 0 aliphatic carbocycles. The maximum absolute atomic E-state index is 12.3. The largest absolute Gasteiger partial charge is 0.465 e. The van der Waals surface area contributed by atoms with E-state index in [-0.39, 0.29) is 23.4 Å². The maximum atomic E-state index is 12.3. The number of nitrogens with zero attached hydrogens (tertiary/aromatic N) is 4. The first kappa shape index (κ1) is 24.1. The molecule has 0 atom stereocenters. The number of hydrogen-bond donors (Lipinski definition) is 0. The molecule has 0 heterocycles. The van der Waals surface area contributed by atoms with Crippen LogP contribution in [0.4, 0.5) is 22.7 Å². The Morgan fingerprint density at radius 3 is 2.03 bits per heavy atom. The minimum atomic E-state index is -0.527. The number of nitro groups is 1. The van der Waals surface area contributed by atoms with Crippen molar-refractivity contribution < 1.29 is 24.0 Å². The van der Waals surface area contributed by atoms with Gasteiger partial charge in [-0.2, -0.15) is 10.2 Å². The summed E-state index contributed by atoms with van der Waals surface area (Å²) in [7, 11) is 3.14. The fraction of sp³-hybridized carbons (Fsp3) is 0.167. The van der Waals surface area contributed by atoms with E-state index in [9.17, 15) is 19.7 Å². The summed E-state index contributed by atoms with van der Waals surface area (Å²) in [6.45, 7) is 0.603. The van der Waals surface area contributed by atoms with Crippen molar-refractivity contribution in [2.24, 2.45) is 10.2 Å². The SMILES string of the molecule is COC(=O)c1cccc(C(=O)OCCN(C)c2ccc(N=Nc3ccc([N+](=O)[O-])cc3)cc2)c1. The normalized spacial score (nSPS) is 10.6. The van der Waals surface area contributed by atoms with Crippen molar-refractivity contribution in [1.82, 2.24) is 0 Å². The van der Waals surface area contributed by atoms with Crippen LogP contribution in [0.15, 0.2) is 83.0 Å². The second-order valence-corrected chi connectivity index (χ2v) is 7.12. The molecule has 0 amide bonds. The Bertz CT molecular complexity index is 1190. The van der Waals surface area contributed by atoms with E-state index < -0.39 is 16.9 Å². The summed E-state index contributed by atoms with van der Waals surface area (Å²) in [6.07, 6.45) is 0. The highest BCUT2D eigenvalue weighted by molar-refractivity contribution is 5.95. The van der Waals surface area contributed by atoms with Crippen molar-refractivity contribution in [1.29, 1.82) is 0 Å². The molecule has 0 fully saturated rings. The van der Waals surface area contributed by atoms with E-state index in [1.54, 1.807) is 30.3 Å². The van der Waals surface area contributed by atoms with Crippen LogP contribution < -0.4 is 4.90 Å². The smallest absolute Gasteiger partial charge is 0.338 e. The van der Waals surface area contributed by atoms with Crippen molar-refractivity contribution in [2.75, 3.05) is 32.2 Å². The van der Waals surface area contributed by atoms with Crippen LogP contribution in [-0.2, 0) is 9.47 Å². The lowest BCUT2D eigenvalue weighted by molar-refractivity contribution is -0.384. The topological polar surface area (TPSA) is 124 Å². The van der Waals surface area contributed by atoms with Gasteiger partial charge in [-0.1, -0.05) is 6.07 Å². The molecular formula is C24H22N4O6. The lowest BCUT2D eigenvalue weighted by atomic mass is 10.1. The van der Waals surface area contributed by atoms with Crippen molar-refractivity contribution in [3.05, 3.63) is 94.0 Å². The van der Waals surface area contributed by atoms with E-state index in [1.807, 2.05) is 24.1 Å². The number of esters is 2. The van der Waals surface area contributed by atoms with Gasteiger partial charge in [0.2, 0.25) is 0 Å². The molecule has 3 rings (SSSR count). The standard InChI is InChI=1S/C24H22N4O6/c1-27(14-15-34-24(30)18-5-3-4-17(16-18)23(29)33-2)21-10-6-19(7-11-21)25-26-20-8-12-22(13-9-20)28(31)32/h3-13,16H,14-15H2,1-2H3. The summed E-state index contributed by atoms with van der Waals surface area (Å²) >= 11 is 0. The first-order chi connectivity index (χ1) is 16.4. The third-order valence-electron chi connectivity index (χ3n) is 4.81. The average Bonchev–Trinajstić information content (AvgIpc) is 2.87. The van der Waals surface area contributed by atoms with Gasteiger partial charge in [0, 0.05) is 24.9 Å². The Labute approximate surface area is 195 Å². The van der Waals surface area contributed by atoms with Crippen LogP contribution in [-0.4, -0.2) is 44.2 Å². The van der Waals surface area contributed by atoms with Gasteiger partial charge in [-0.05, 0) is 54.6 Å². The average molecular weight is 462 g/mol. The van der Waals surface area contributed by atoms with Crippen LogP contribution in [0.25, 0.3) is 0 Å². The molecule has 10 nitrogen and oxygen atoms in total. The third kappa shape index (κ3) is 6.45. The number of ether oxygens (including phenoxy) is 2. The van der Waals surface area contributed by atoms with Crippen LogP contribution in [0, 0.1) is 10.1 Å². The number of anilines is 1. The summed E-state index contributed by atoms with van der Waals surface area (Å²) < 4.78 is 9.97. The number of likely N-dealkylation sites (N-methyl/N-ethyl adjacent to an activating group) is 1. The highest BCUT2D eigenvalue weighted by Gasteiger charge is 2.12. The highest BCUT2D eigenvalue weighted by Crippen LogP contribution is 2.23. The number of azo groups is 1. The summed E-state index contributed by atoms with van der Waals surface area (Å²) in [5.74, 6) is -1.05.